The number of nitrogen functional groups attached to an aromatic ring is 1. The Morgan fingerprint density at radius 3 is 2.52 bits per heavy atom. The summed E-state index contributed by atoms with van der Waals surface area (Å²) in [7, 11) is 0. The van der Waals surface area contributed by atoms with E-state index in [2.05, 4.69) is 20.2 Å². The fraction of sp³-hybridized carbons (Fsp3) is 0.0588. The molecule has 0 spiro atoms. The Labute approximate surface area is 143 Å². The molecule has 0 radical (unpaired) electrons. The van der Waals surface area contributed by atoms with Gasteiger partial charge in [-0.3, -0.25) is 10.1 Å². The Hall–Kier alpha value is -3.68. The van der Waals surface area contributed by atoms with E-state index in [9.17, 15) is 10.1 Å². The first-order chi connectivity index (χ1) is 12.0. The highest BCUT2D eigenvalue weighted by molar-refractivity contribution is 5.74. The maximum Gasteiger partial charge on any atom is 0.271 e. The zero-order valence-corrected chi connectivity index (χ0v) is 13.3. The maximum absolute atomic E-state index is 10.9. The molecular weight excluding hydrogens is 320 g/mol. The van der Waals surface area contributed by atoms with Crippen LogP contribution in [0.25, 0.3) is 11.3 Å². The molecule has 0 saturated carbocycles. The van der Waals surface area contributed by atoms with E-state index < -0.39 is 4.92 Å². The van der Waals surface area contributed by atoms with Gasteiger partial charge in [-0.2, -0.15) is 5.11 Å². The van der Waals surface area contributed by atoms with Crippen LogP contribution in [0.1, 0.15) is 5.69 Å². The minimum atomic E-state index is -0.480. The number of nitro groups is 1. The molecule has 3 aromatic rings. The third-order valence-electron chi connectivity index (χ3n) is 3.43. The highest BCUT2D eigenvalue weighted by atomic mass is 16.6. The largest absolute Gasteiger partial charge is 0.368 e. The molecule has 0 unspecified atom stereocenters. The Balaban J connectivity index is 2.05. The van der Waals surface area contributed by atoms with Gasteiger partial charge in [0, 0.05) is 17.7 Å². The standard InChI is InChI=1S/C17H14N6O2/c1-11-15(22-21-13-8-5-9-14(10-13)23(24)25)16(20-17(18)19-11)12-6-3-2-4-7-12/h2-10H,1H3,(H2,18,19,20). The number of aromatic nitrogens is 2. The fourth-order valence-corrected chi connectivity index (χ4v) is 2.28. The number of benzene rings is 2. The van der Waals surface area contributed by atoms with Crippen molar-refractivity contribution >= 4 is 23.0 Å². The average Bonchev–Trinajstić information content (AvgIpc) is 2.61. The van der Waals surface area contributed by atoms with Gasteiger partial charge in [0.1, 0.15) is 11.4 Å². The van der Waals surface area contributed by atoms with Gasteiger partial charge in [0.15, 0.2) is 0 Å². The molecule has 0 aliphatic heterocycles. The molecule has 0 amide bonds. The first-order valence-corrected chi connectivity index (χ1v) is 7.40. The number of hydrogen-bond acceptors (Lipinski definition) is 7. The summed E-state index contributed by atoms with van der Waals surface area (Å²) in [5.41, 5.74) is 8.49. The predicted molar refractivity (Wildman–Crippen MR) is 93.9 cm³/mol. The highest BCUT2D eigenvalue weighted by Crippen LogP contribution is 2.32. The van der Waals surface area contributed by atoms with Gasteiger partial charge in [-0.1, -0.05) is 36.4 Å². The van der Waals surface area contributed by atoms with Crippen LogP contribution in [-0.4, -0.2) is 14.9 Å². The number of anilines is 1. The molecule has 8 nitrogen and oxygen atoms in total. The zero-order valence-electron chi connectivity index (χ0n) is 13.3. The van der Waals surface area contributed by atoms with E-state index in [1.54, 1.807) is 19.1 Å². The van der Waals surface area contributed by atoms with Crippen LogP contribution < -0.4 is 5.73 Å². The van der Waals surface area contributed by atoms with Crippen molar-refractivity contribution in [3.05, 3.63) is 70.4 Å². The van der Waals surface area contributed by atoms with Gasteiger partial charge in [0.25, 0.3) is 5.69 Å². The van der Waals surface area contributed by atoms with Crippen LogP contribution in [0.5, 0.6) is 0 Å². The van der Waals surface area contributed by atoms with Gasteiger partial charge >= 0.3 is 0 Å². The van der Waals surface area contributed by atoms with Crippen molar-refractivity contribution in [3.8, 4) is 11.3 Å². The molecule has 124 valence electrons. The van der Waals surface area contributed by atoms with Crippen LogP contribution in [0.2, 0.25) is 0 Å². The number of nitrogens with zero attached hydrogens (tertiary/aromatic N) is 5. The number of aryl methyl sites for hydroxylation is 1. The Morgan fingerprint density at radius 1 is 1.04 bits per heavy atom. The smallest absolute Gasteiger partial charge is 0.271 e. The lowest BCUT2D eigenvalue weighted by Crippen LogP contribution is -1.99. The fourth-order valence-electron chi connectivity index (χ4n) is 2.28. The van der Waals surface area contributed by atoms with E-state index in [-0.39, 0.29) is 11.6 Å². The molecular formula is C17H14N6O2. The molecule has 8 heteroatoms. The lowest BCUT2D eigenvalue weighted by atomic mass is 10.1. The second kappa shape index (κ2) is 6.83. The molecule has 0 aliphatic rings. The van der Waals surface area contributed by atoms with Crippen molar-refractivity contribution in [2.45, 2.75) is 6.92 Å². The quantitative estimate of drug-likeness (QED) is 0.432. The summed E-state index contributed by atoms with van der Waals surface area (Å²) in [6.45, 7) is 1.76. The predicted octanol–water partition coefficient (Wildman–Crippen LogP) is 4.36. The number of non-ortho nitro benzene ring substituents is 1. The number of rotatable bonds is 4. The molecule has 0 atom stereocenters. The molecule has 1 heterocycles. The van der Waals surface area contributed by atoms with E-state index in [0.29, 0.717) is 22.8 Å². The molecule has 0 saturated heterocycles. The molecule has 3 rings (SSSR count). The number of nitrogens with two attached hydrogens (primary N) is 1. The van der Waals surface area contributed by atoms with E-state index in [1.165, 1.54) is 12.1 Å². The van der Waals surface area contributed by atoms with E-state index in [1.807, 2.05) is 30.3 Å². The first-order valence-electron chi connectivity index (χ1n) is 7.40. The number of nitro benzene ring substituents is 1. The van der Waals surface area contributed by atoms with Crippen molar-refractivity contribution in [1.82, 2.24) is 9.97 Å². The van der Waals surface area contributed by atoms with Crippen LogP contribution >= 0.6 is 0 Å². The average molecular weight is 334 g/mol. The van der Waals surface area contributed by atoms with Gasteiger partial charge in [-0.05, 0) is 13.0 Å². The van der Waals surface area contributed by atoms with Crippen LogP contribution in [0.15, 0.2) is 64.8 Å². The van der Waals surface area contributed by atoms with Gasteiger partial charge in [-0.25, -0.2) is 9.97 Å². The van der Waals surface area contributed by atoms with Gasteiger partial charge in [0.05, 0.1) is 16.3 Å². The Morgan fingerprint density at radius 2 is 1.80 bits per heavy atom. The Kier molecular flexibility index (Phi) is 4.42. The molecule has 0 aliphatic carbocycles. The third-order valence-corrected chi connectivity index (χ3v) is 3.43. The summed E-state index contributed by atoms with van der Waals surface area (Å²) in [6.07, 6.45) is 0. The third kappa shape index (κ3) is 3.63. The molecule has 25 heavy (non-hydrogen) atoms. The molecule has 0 fully saturated rings. The van der Waals surface area contributed by atoms with Crippen molar-refractivity contribution in [2.24, 2.45) is 10.2 Å². The van der Waals surface area contributed by atoms with Crippen LogP contribution in [0.3, 0.4) is 0 Å². The monoisotopic (exact) mass is 334 g/mol. The molecule has 1 aromatic heterocycles. The highest BCUT2D eigenvalue weighted by Gasteiger charge is 2.12. The maximum atomic E-state index is 10.9. The van der Waals surface area contributed by atoms with Crippen molar-refractivity contribution in [1.29, 1.82) is 0 Å². The molecule has 2 aromatic carbocycles. The zero-order chi connectivity index (χ0) is 17.8. The van der Waals surface area contributed by atoms with Gasteiger partial charge in [0.2, 0.25) is 5.95 Å². The molecule has 0 bridgehead atoms. The Bertz CT molecular complexity index is 957. The van der Waals surface area contributed by atoms with Crippen LogP contribution in [-0.2, 0) is 0 Å². The molecule has 2 N–H and O–H groups in total. The summed E-state index contributed by atoms with van der Waals surface area (Å²) >= 11 is 0. The summed E-state index contributed by atoms with van der Waals surface area (Å²) in [5, 5.41) is 19.2. The van der Waals surface area contributed by atoms with Crippen LogP contribution in [0, 0.1) is 17.0 Å². The lowest BCUT2D eigenvalue weighted by Gasteiger charge is -2.07. The van der Waals surface area contributed by atoms with Crippen molar-refractivity contribution in [3.63, 3.8) is 0 Å². The van der Waals surface area contributed by atoms with E-state index in [4.69, 9.17) is 5.73 Å². The SMILES string of the molecule is Cc1nc(N)nc(-c2ccccc2)c1N=Nc1cccc([N+](=O)[O-])c1. The van der Waals surface area contributed by atoms with E-state index >= 15 is 0 Å². The van der Waals surface area contributed by atoms with Crippen molar-refractivity contribution < 1.29 is 4.92 Å². The normalized spacial score (nSPS) is 10.9. The number of hydrogen-bond donors (Lipinski definition) is 1. The van der Waals surface area contributed by atoms with Gasteiger partial charge < -0.3 is 5.73 Å². The summed E-state index contributed by atoms with van der Waals surface area (Å²) in [4.78, 5) is 18.8. The van der Waals surface area contributed by atoms with Crippen molar-refractivity contribution in [2.75, 3.05) is 5.73 Å². The van der Waals surface area contributed by atoms with Crippen LogP contribution in [0.4, 0.5) is 23.0 Å². The minimum absolute atomic E-state index is 0.0509. The van der Waals surface area contributed by atoms with Gasteiger partial charge in [-0.15, -0.1) is 5.11 Å². The topological polar surface area (TPSA) is 120 Å². The summed E-state index contributed by atoms with van der Waals surface area (Å²) < 4.78 is 0. The second-order valence-corrected chi connectivity index (χ2v) is 5.21. The second-order valence-electron chi connectivity index (χ2n) is 5.21. The lowest BCUT2D eigenvalue weighted by molar-refractivity contribution is -0.384. The van der Waals surface area contributed by atoms with E-state index in [0.717, 1.165) is 5.56 Å². The minimum Gasteiger partial charge on any atom is -0.368 e. The summed E-state index contributed by atoms with van der Waals surface area (Å²) in [5.74, 6) is 0.144. The first kappa shape index (κ1) is 16.2. The summed E-state index contributed by atoms with van der Waals surface area (Å²) in [6, 6.07) is 15.3. The number of azo groups is 1.